The highest BCUT2D eigenvalue weighted by Gasteiger charge is 2.22. The Morgan fingerprint density at radius 3 is 2.81 bits per heavy atom. The van der Waals surface area contributed by atoms with E-state index in [-0.39, 0.29) is 6.04 Å². The van der Waals surface area contributed by atoms with Gasteiger partial charge < -0.3 is 15.2 Å². The molecule has 0 aliphatic heterocycles. The van der Waals surface area contributed by atoms with Gasteiger partial charge in [0, 0.05) is 26.2 Å². The molecule has 0 radical (unpaired) electrons. The summed E-state index contributed by atoms with van der Waals surface area (Å²) in [5, 5.41) is 0.665. The molecule has 0 saturated heterocycles. The molecule has 1 saturated carbocycles. The van der Waals surface area contributed by atoms with Gasteiger partial charge in [0.05, 0.1) is 11.6 Å². The monoisotopic (exact) mass is 311 g/mol. The minimum absolute atomic E-state index is 0.245. The Bertz CT molecular complexity index is 439. The Labute approximate surface area is 132 Å². The van der Waals surface area contributed by atoms with Crippen LogP contribution in [0, 0.1) is 0 Å². The van der Waals surface area contributed by atoms with Crippen molar-refractivity contribution in [1.82, 2.24) is 0 Å². The van der Waals surface area contributed by atoms with Crippen LogP contribution >= 0.6 is 11.6 Å². The van der Waals surface area contributed by atoms with Gasteiger partial charge in [0.15, 0.2) is 0 Å². The van der Waals surface area contributed by atoms with Gasteiger partial charge in [0.1, 0.15) is 5.75 Å². The topological polar surface area (TPSA) is 44.5 Å². The lowest BCUT2D eigenvalue weighted by Crippen LogP contribution is -2.27. The average Bonchev–Trinajstić information content (AvgIpc) is 2.70. The van der Waals surface area contributed by atoms with Crippen molar-refractivity contribution in [3.8, 4) is 5.75 Å². The highest BCUT2D eigenvalue weighted by atomic mass is 35.5. The SMILES string of the molecule is COCCCOc1cc(C2CCCCCC2N)ccc1Cl. The number of halogens is 1. The van der Waals surface area contributed by atoms with Gasteiger partial charge >= 0.3 is 0 Å². The van der Waals surface area contributed by atoms with E-state index in [9.17, 15) is 0 Å². The third kappa shape index (κ3) is 4.87. The third-order valence-corrected chi connectivity index (χ3v) is 4.52. The highest BCUT2D eigenvalue weighted by Crippen LogP contribution is 2.35. The third-order valence-electron chi connectivity index (χ3n) is 4.20. The second-order valence-electron chi connectivity index (χ2n) is 5.79. The van der Waals surface area contributed by atoms with Crippen LogP contribution in [0.5, 0.6) is 5.75 Å². The van der Waals surface area contributed by atoms with Crippen LogP contribution in [-0.4, -0.2) is 26.4 Å². The van der Waals surface area contributed by atoms with Gasteiger partial charge in [-0.1, -0.05) is 36.9 Å². The lowest BCUT2D eigenvalue weighted by Gasteiger charge is -2.22. The first-order valence-electron chi connectivity index (χ1n) is 7.89. The number of ether oxygens (including phenoxy) is 2. The quantitative estimate of drug-likeness (QED) is 0.634. The summed E-state index contributed by atoms with van der Waals surface area (Å²) in [5.74, 6) is 1.19. The molecule has 1 aromatic rings. The summed E-state index contributed by atoms with van der Waals surface area (Å²) in [4.78, 5) is 0. The predicted octanol–water partition coefficient (Wildman–Crippen LogP) is 4.13. The van der Waals surface area contributed by atoms with Crippen LogP contribution in [0.15, 0.2) is 18.2 Å². The van der Waals surface area contributed by atoms with E-state index < -0.39 is 0 Å². The van der Waals surface area contributed by atoms with E-state index in [0.29, 0.717) is 24.2 Å². The van der Waals surface area contributed by atoms with E-state index in [1.54, 1.807) is 7.11 Å². The Morgan fingerprint density at radius 1 is 1.19 bits per heavy atom. The number of hydrogen-bond acceptors (Lipinski definition) is 3. The molecule has 0 bridgehead atoms. The molecular weight excluding hydrogens is 286 g/mol. The number of methoxy groups -OCH3 is 1. The van der Waals surface area contributed by atoms with Gasteiger partial charge in [-0.15, -0.1) is 0 Å². The molecule has 0 aromatic heterocycles. The maximum atomic E-state index is 6.35. The predicted molar refractivity (Wildman–Crippen MR) is 87.2 cm³/mol. The van der Waals surface area contributed by atoms with Gasteiger partial charge in [-0.3, -0.25) is 0 Å². The smallest absolute Gasteiger partial charge is 0.138 e. The summed E-state index contributed by atoms with van der Waals surface area (Å²) in [5.41, 5.74) is 7.61. The molecule has 21 heavy (non-hydrogen) atoms. The van der Waals surface area contributed by atoms with Crippen LogP contribution in [-0.2, 0) is 4.74 Å². The second kappa shape index (κ2) is 8.62. The number of rotatable bonds is 6. The first kappa shape index (κ1) is 16.6. The Morgan fingerprint density at radius 2 is 2.00 bits per heavy atom. The van der Waals surface area contributed by atoms with Crippen molar-refractivity contribution in [2.24, 2.45) is 5.73 Å². The zero-order valence-corrected chi connectivity index (χ0v) is 13.6. The summed E-state index contributed by atoms with van der Waals surface area (Å²) >= 11 is 6.23. The molecule has 1 aromatic carbocycles. The summed E-state index contributed by atoms with van der Waals surface area (Å²) in [7, 11) is 1.70. The van der Waals surface area contributed by atoms with Crippen molar-refractivity contribution in [1.29, 1.82) is 0 Å². The van der Waals surface area contributed by atoms with Crippen LogP contribution in [0.25, 0.3) is 0 Å². The lowest BCUT2D eigenvalue weighted by molar-refractivity contribution is 0.172. The first-order chi connectivity index (χ1) is 10.2. The van der Waals surface area contributed by atoms with Crippen molar-refractivity contribution in [2.45, 2.75) is 50.5 Å². The van der Waals surface area contributed by atoms with Crippen molar-refractivity contribution >= 4 is 11.6 Å². The minimum atomic E-state index is 0.245. The molecule has 2 rings (SSSR count). The number of benzene rings is 1. The maximum Gasteiger partial charge on any atom is 0.138 e. The summed E-state index contributed by atoms with van der Waals surface area (Å²) in [6, 6.07) is 6.35. The fourth-order valence-electron chi connectivity index (χ4n) is 3.00. The molecule has 1 fully saturated rings. The van der Waals surface area contributed by atoms with Gasteiger partial charge in [0.2, 0.25) is 0 Å². The first-order valence-corrected chi connectivity index (χ1v) is 8.27. The zero-order chi connectivity index (χ0) is 15.1. The van der Waals surface area contributed by atoms with Crippen LogP contribution in [0.3, 0.4) is 0 Å². The van der Waals surface area contributed by atoms with Crippen LogP contribution < -0.4 is 10.5 Å². The van der Waals surface area contributed by atoms with E-state index in [0.717, 1.165) is 25.0 Å². The second-order valence-corrected chi connectivity index (χ2v) is 6.20. The fraction of sp³-hybridized carbons (Fsp3) is 0.647. The van der Waals surface area contributed by atoms with E-state index in [2.05, 4.69) is 12.1 Å². The molecule has 3 nitrogen and oxygen atoms in total. The van der Waals surface area contributed by atoms with E-state index in [1.807, 2.05) is 6.07 Å². The molecular formula is C17H26ClNO2. The van der Waals surface area contributed by atoms with Crippen molar-refractivity contribution in [2.75, 3.05) is 20.3 Å². The molecule has 1 aliphatic rings. The molecule has 0 heterocycles. The van der Waals surface area contributed by atoms with E-state index in [1.165, 1.54) is 24.8 Å². The summed E-state index contributed by atoms with van der Waals surface area (Å²) < 4.78 is 10.8. The van der Waals surface area contributed by atoms with Crippen LogP contribution in [0.2, 0.25) is 5.02 Å². The molecule has 0 spiro atoms. The molecule has 2 unspecified atom stereocenters. The zero-order valence-electron chi connectivity index (χ0n) is 12.8. The summed E-state index contributed by atoms with van der Waals surface area (Å²) in [6.45, 7) is 1.32. The van der Waals surface area contributed by atoms with Crippen molar-refractivity contribution in [3.63, 3.8) is 0 Å². The highest BCUT2D eigenvalue weighted by molar-refractivity contribution is 6.32. The van der Waals surface area contributed by atoms with E-state index >= 15 is 0 Å². The van der Waals surface area contributed by atoms with Crippen LogP contribution in [0.1, 0.15) is 50.0 Å². The average molecular weight is 312 g/mol. The number of nitrogens with two attached hydrogens (primary N) is 1. The standard InChI is InChI=1S/C17H26ClNO2/c1-20-10-5-11-21-17-12-13(8-9-15(17)18)14-6-3-2-4-7-16(14)19/h8-9,12,14,16H,2-7,10-11,19H2,1H3. The van der Waals surface area contributed by atoms with Gasteiger partial charge in [-0.25, -0.2) is 0 Å². The van der Waals surface area contributed by atoms with E-state index in [4.69, 9.17) is 26.8 Å². The largest absolute Gasteiger partial charge is 0.492 e. The summed E-state index contributed by atoms with van der Waals surface area (Å²) in [6.07, 6.45) is 6.91. The number of hydrogen-bond donors (Lipinski definition) is 1. The Balaban J connectivity index is 2.05. The minimum Gasteiger partial charge on any atom is -0.492 e. The van der Waals surface area contributed by atoms with Crippen LogP contribution in [0.4, 0.5) is 0 Å². The molecule has 2 atom stereocenters. The molecule has 4 heteroatoms. The fourth-order valence-corrected chi connectivity index (χ4v) is 3.17. The molecule has 118 valence electrons. The lowest BCUT2D eigenvalue weighted by atomic mass is 9.88. The van der Waals surface area contributed by atoms with Gasteiger partial charge in [-0.05, 0) is 36.5 Å². The molecule has 1 aliphatic carbocycles. The van der Waals surface area contributed by atoms with Gasteiger partial charge in [0.25, 0.3) is 0 Å². The van der Waals surface area contributed by atoms with Crippen molar-refractivity contribution in [3.05, 3.63) is 28.8 Å². The maximum absolute atomic E-state index is 6.35. The van der Waals surface area contributed by atoms with Gasteiger partial charge in [-0.2, -0.15) is 0 Å². The molecule has 2 N–H and O–H groups in total. The normalized spacial score (nSPS) is 22.8. The Kier molecular flexibility index (Phi) is 6.81. The Hall–Kier alpha value is -0.770. The molecule has 0 amide bonds. The van der Waals surface area contributed by atoms with Crippen molar-refractivity contribution < 1.29 is 9.47 Å².